The first kappa shape index (κ1) is 18.7. The minimum atomic E-state index is -0.0711. The standard InChI is InChI=1S/C21H21ClN4O2/c1-28-20-7-6-16(22)12-15(20)14-25-8-10-26(11-9-25)21(27)19-13-23-17-4-2-3-5-18(17)24-19/h2-7,12-13H,8-11,14H2,1H3. The molecular formula is C21H21ClN4O2. The van der Waals surface area contributed by atoms with Crippen molar-refractivity contribution in [3.05, 3.63) is 64.9 Å². The lowest BCUT2D eigenvalue weighted by atomic mass is 10.1. The first-order valence-electron chi connectivity index (χ1n) is 9.20. The van der Waals surface area contributed by atoms with E-state index in [1.807, 2.05) is 47.4 Å². The summed E-state index contributed by atoms with van der Waals surface area (Å²) in [7, 11) is 1.66. The molecule has 0 bridgehead atoms. The molecule has 1 fully saturated rings. The number of hydrogen-bond donors (Lipinski definition) is 0. The van der Waals surface area contributed by atoms with Gasteiger partial charge in [-0.15, -0.1) is 0 Å². The third-order valence-electron chi connectivity index (χ3n) is 4.96. The number of halogens is 1. The number of aromatic nitrogens is 2. The normalized spacial score (nSPS) is 15.0. The number of fused-ring (bicyclic) bond motifs is 1. The second-order valence-corrected chi connectivity index (χ2v) is 7.20. The van der Waals surface area contributed by atoms with Crippen molar-refractivity contribution in [2.45, 2.75) is 6.54 Å². The first-order valence-corrected chi connectivity index (χ1v) is 9.57. The highest BCUT2D eigenvalue weighted by Crippen LogP contribution is 2.24. The number of amides is 1. The zero-order valence-corrected chi connectivity index (χ0v) is 16.4. The molecule has 144 valence electrons. The Morgan fingerprint density at radius 3 is 2.61 bits per heavy atom. The van der Waals surface area contributed by atoms with Gasteiger partial charge in [0, 0.05) is 43.3 Å². The SMILES string of the molecule is COc1ccc(Cl)cc1CN1CCN(C(=O)c2cnc3ccccc3n2)CC1. The van der Waals surface area contributed by atoms with Crippen molar-refractivity contribution in [1.82, 2.24) is 19.8 Å². The quantitative estimate of drug-likeness (QED) is 0.677. The smallest absolute Gasteiger partial charge is 0.274 e. The van der Waals surface area contributed by atoms with E-state index in [4.69, 9.17) is 16.3 Å². The molecule has 6 nitrogen and oxygen atoms in total. The van der Waals surface area contributed by atoms with Crippen molar-refractivity contribution >= 4 is 28.5 Å². The summed E-state index contributed by atoms with van der Waals surface area (Å²) < 4.78 is 5.43. The second kappa shape index (κ2) is 8.12. The molecule has 0 radical (unpaired) electrons. The fourth-order valence-corrected chi connectivity index (χ4v) is 3.64. The molecule has 4 rings (SSSR count). The van der Waals surface area contributed by atoms with Crippen LogP contribution >= 0.6 is 11.6 Å². The van der Waals surface area contributed by atoms with E-state index in [2.05, 4.69) is 14.9 Å². The Bertz CT molecular complexity index is 1000. The van der Waals surface area contributed by atoms with E-state index in [0.717, 1.165) is 42.0 Å². The Morgan fingerprint density at radius 1 is 1.11 bits per heavy atom. The van der Waals surface area contributed by atoms with Gasteiger partial charge in [0.25, 0.3) is 5.91 Å². The number of carbonyl (C=O) groups excluding carboxylic acids is 1. The number of benzene rings is 2. The monoisotopic (exact) mass is 396 g/mol. The molecule has 1 aromatic heterocycles. The van der Waals surface area contributed by atoms with Crippen LogP contribution in [0.2, 0.25) is 5.02 Å². The van der Waals surface area contributed by atoms with Gasteiger partial charge in [-0.3, -0.25) is 14.7 Å². The van der Waals surface area contributed by atoms with E-state index in [-0.39, 0.29) is 5.91 Å². The summed E-state index contributed by atoms with van der Waals surface area (Å²) in [6, 6.07) is 13.2. The Kier molecular flexibility index (Phi) is 5.41. The largest absolute Gasteiger partial charge is 0.496 e. The van der Waals surface area contributed by atoms with Gasteiger partial charge in [0.15, 0.2) is 0 Å². The maximum Gasteiger partial charge on any atom is 0.274 e. The number of piperazine rings is 1. The Morgan fingerprint density at radius 2 is 1.86 bits per heavy atom. The molecule has 28 heavy (non-hydrogen) atoms. The number of carbonyl (C=O) groups is 1. The maximum absolute atomic E-state index is 12.8. The van der Waals surface area contributed by atoms with Crippen LogP contribution in [-0.4, -0.2) is 59.0 Å². The average molecular weight is 397 g/mol. The second-order valence-electron chi connectivity index (χ2n) is 6.77. The van der Waals surface area contributed by atoms with E-state index in [1.165, 1.54) is 0 Å². The van der Waals surface area contributed by atoms with E-state index in [9.17, 15) is 4.79 Å². The van der Waals surface area contributed by atoms with Crippen molar-refractivity contribution in [1.29, 1.82) is 0 Å². The van der Waals surface area contributed by atoms with E-state index in [0.29, 0.717) is 23.8 Å². The molecule has 0 aliphatic carbocycles. The average Bonchev–Trinajstić information content (AvgIpc) is 2.73. The van der Waals surface area contributed by atoms with Gasteiger partial charge >= 0.3 is 0 Å². The molecule has 2 aromatic carbocycles. The molecule has 0 N–H and O–H groups in total. The third-order valence-corrected chi connectivity index (χ3v) is 5.20. The van der Waals surface area contributed by atoms with E-state index >= 15 is 0 Å². The van der Waals surface area contributed by atoms with Crippen molar-refractivity contribution in [3.8, 4) is 5.75 Å². The van der Waals surface area contributed by atoms with Crippen LogP contribution < -0.4 is 4.74 Å². The topological polar surface area (TPSA) is 58.6 Å². The molecule has 1 saturated heterocycles. The summed E-state index contributed by atoms with van der Waals surface area (Å²) in [6.07, 6.45) is 1.56. The Balaban J connectivity index is 1.41. The lowest BCUT2D eigenvalue weighted by Gasteiger charge is -2.34. The van der Waals surface area contributed by atoms with Gasteiger partial charge in [-0.2, -0.15) is 0 Å². The summed E-state index contributed by atoms with van der Waals surface area (Å²) in [5.41, 5.74) is 2.97. The summed E-state index contributed by atoms with van der Waals surface area (Å²) in [5, 5.41) is 0.694. The lowest BCUT2D eigenvalue weighted by molar-refractivity contribution is 0.0621. The van der Waals surface area contributed by atoms with Crippen molar-refractivity contribution in [2.75, 3.05) is 33.3 Å². The predicted molar refractivity (Wildman–Crippen MR) is 109 cm³/mol. The van der Waals surface area contributed by atoms with Crippen LogP contribution in [0.15, 0.2) is 48.7 Å². The molecular weight excluding hydrogens is 376 g/mol. The predicted octanol–water partition coefficient (Wildman–Crippen LogP) is 3.25. The van der Waals surface area contributed by atoms with Gasteiger partial charge in [-0.1, -0.05) is 23.7 Å². The van der Waals surface area contributed by atoms with E-state index < -0.39 is 0 Å². The summed E-state index contributed by atoms with van der Waals surface area (Å²) in [5.74, 6) is 0.757. The van der Waals surface area contributed by atoms with Gasteiger partial charge in [-0.25, -0.2) is 4.98 Å². The van der Waals surface area contributed by atoms with Gasteiger partial charge in [-0.05, 0) is 30.3 Å². The lowest BCUT2D eigenvalue weighted by Crippen LogP contribution is -2.48. The Hall–Kier alpha value is -2.70. The highest BCUT2D eigenvalue weighted by Gasteiger charge is 2.24. The number of para-hydroxylation sites is 2. The van der Waals surface area contributed by atoms with Crippen LogP contribution in [0.4, 0.5) is 0 Å². The van der Waals surface area contributed by atoms with Crippen LogP contribution in [0.1, 0.15) is 16.1 Å². The number of ether oxygens (including phenoxy) is 1. The zero-order valence-electron chi connectivity index (χ0n) is 15.6. The van der Waals surface area contributed by atoms with Crippen LogP contribution in [-0.2, 0) is 6.54 Å². The fourth-order valence-electron chi connectivity index (χ4n) is 3.44. The van der Waals surface area contributed by atoms with Gasteiger partial charge in [0.05, 0.1) is 24.3 Å². The fraction of sp³-hybridized carbons (Fsp3) is 0.286. The summed E-state index contributed by atoms with van der Waals surface area (Å²) in [6.45, 7) is 3.60. The maximum atomic E-state index is 12.8. The van der Waals surface area contributed by atoms with Crippen molar-refractivity contribution in [2.24, 2.45) is 0 Å². The first-order chi connectivity index (χ1) is 13.6. The highest BCUT2D eigenvalue weighted by atomic mass is 35.5. The van der Waals surface area contributed by atoms with Gasteiger partial charge in [0.2, 0.25) is 0 Å². The van der Waals surface area contributed by atoms with Crippen molar-refractivity contribution < 1.29 is 9.53 Å². The molecule has 0 atom stereocenters. The van der Waals surface area contributed by atoms with Crippen LogP contribution in [0.5, 0.6) is 5.75 Å². The molecule has 0 saturated carbocycles. The van der Waals surface area contributed by atoms with Crippen molar-refractivity contribution in [3.63, 3.8) is 0 Å². The number of methoxy groups -OCH3 is 1. The number of nitrogens with zero attached hydrogens (tertiary/aromatic N) is 4. The Labute approximate surface area is 168 Å². The molecule has 0 spiro atoms. The zero-order chi connectivity index (χ0) is 19.5. The molecule has 2 heterocycles. The number of rotatable bonds is 4. The molecule has 3 aromatic rings. The van der Waals surface area contributed by atoms with Crippen LogP contribution in [0.25, 0.3) is 11.0 Å². The highest BCUT2D eigenvalue weighted by molar-refractivity contribution is 6.30. The van der Waals surface area contributed by atoms with Crippen LogP contribution in [0.3, 0.4) is 0 Å². The summed E-state index contributed by atoms with van der Waals surface area (Å²) in [4.78, 5) is 25.8. The molecule has 7 heteroatoms. The number of hydrogen-bond acceptors (Lipinski definition) is 5. The molecule has 1 amide bonds. The van der Waals surface area contributed by atoms with E-state index in [1.54, 1.807) is 13.3 Å². The molecule has 0 unspecified atom stereocenters. The summed E-state index contributed by atoms with van der Waals surface area (Å²) >= 11 is 6.13. The molecule has 1 aliphatic heterocycles. The van der Waals surface area contributed by atoms with Crippen LogP contribution in [0, 0.1) is 0 Å². The molecule has 1 aliphatic rings. The third kappa shape index (κ3) is 3.93. The van der Waals surface area contributed by atoms with Gasteiger partial charge < -0.3 is 9.64 Å². The minimum Gasteiger partial charge on any atom is -0.496 e. The minimum absolute atomic E-state index is 0.0711. The van der Waals surface area contributed by atoms with Gasteiger partial charge in [0.1, 0.15) is 11.4 Å².